The van der Waals surface area contributed by atoms with Gasteiger partial charge >= 0.3 is 0 Å². The number of carbonyl (C=O) groups is 1. The fourth-order valence-corrected chi connectivity index (χ4v) is 4.96. The highest BCUT2D eigenvalue weighted by atomic mass is 35.5. The zero-order valence-electron chi connectivity index (χ0n) is 16.9. The number of carbonyl (C=O) groups excluding carboxylic acids is 1. The van der Waals surface area contributed by atoms with Gasteiger partial charge in [-0.1, -0.05) is 50.9 Å². The summed E-state index contributed by atoms with van der Waals surface area (Å²) in [5, 5.41) is 3.39. The first-order valence-corrected chi connectivity index (χ1v) is 11.6. The molecule has 0 bridgehead atoms. The summed E-state index contributed by atoms with van der Waals surface area (Å²) in [4.78, 5) is 12.6. The first-order valence-electron chi connectivity index (χ1n) is 9.37. The Morgan fingerprint density at radius 3 is 2.03 bits per heavy atom. The van der Waals surface area contributed by atoms with Gasteiger partial charge in [-0.05, 0) is 54.3 Å². The normalized spacial score (nSPS) is 12.0. The molecule has 29 heavy (non-hydrogen) atoms. The average molecular weight is 457 g/mol. The van der Waals surface area contributed by atoms with Crippen molar-refractivity contribution in [1.82, 2.24) is 4.31 Å². The molecule has 0 saturated heterocycles. The van der Waals surface area contributed by atoms with E-state index in [9.17, 15) is 13.2 Å². The van der Waals surface area contributed by atoms with Gasteiger partial charge in [-0.3, -0.25) is 4.79 Å². The van der Waals surface area contributed by atoms with Crippen LogP contribution in [0.4, 0.5) is 5.69 Å². The predicted octanol–water partition coefficient (Wildman–Crippen LogP) is 5.55. The van der Waals surface area contributed by atoms with Gasteiger partial charge in [0.2, 0.25) is 10.0 Å². The second-order valence-corrected chi connectivity index (χ2v) is 10.5. The maximum atomic E-state index is 13.0. The molecule has 0 atom stereocenters. The summed E-state index contributed by atoms with van der Waals surface area (Å²) in [6, 6.07) is 10.7. The topological polar surface area (TPSA) is 66.5 Å². The SMILES string of the molecule is CC(C)CN(CC(C)C)S(=O)(=O)c1ccc(NC(=O)c2cc(Cl)ccc2Cl)cc1. The third-order valence-electron chi connectivity index (χ3n) is 4.06. The molecule has 0 spiro atoms. The van der Waals surface area contributed by atoms with Crippen molar-refractivity contribution in [3.8, 4) is 0 Å². The van der Waals surface area contributed by atoms with Crippen molar-refractivity contribution >= 4 is 44.8 Å². The number of sulfonamides is 1. The van der Waals surface area contributed by atoms with Crippen LogP contribution in [0, 0.1) is 11.8 Å². The summed E-state index contributed by atoms with van der Waals surface area (Å²) >= 11 is 12.0. The van der Waals surface area contributed by atoms with E-state index in [4.69, 9.17) is 23.2 Å². The van der Waals surface area contributed by atoms with Gasteiger partial charge in [0.25, 0.3) is 5.91 Å². The van der Waals surface area contributed by atoms with Gasteiger partial charge in [0, 0.05) is 23.8 Å². The van der Waals surface area contributed by atoms with E-state index < -0.39 is 15.9 Å². The first-order chi connectivity index (χ1) is 13.5. The second-order valence-electron chi connectivity index (χ2n) is 7.71. The van der Waals surface area contributed by atoms with E-state index >= 15 is 0 Å². The molecule has 0 heterocycles. The molecule has 1 amide bonds. The molecule has 0 unspecified atom stereocenters. The van der Waals surface area contributed by atoms with E-state index in [1.54, 1.807) is 24.3 Å². The van der Waals surface area contributed by atoms with Crippen LogP contribution < -0.4 is 5.32 Å². The number of amides is 1. The number of rotatable bonds is 8. The van der Waals surface area contributed by atoms with E-state index in [-0.39, 0.29) is 27.3 Å². The maximum absolute atomic E-state index is 13.0. The monoisotopic (exact) mass is 456 g/mol. The van der Waals surface area contributed by atoms with E-state index in [2.05, 4.69) is 5.32 Å². The highest BCUT2D eigenvalue weighted by Crippen LogP contribution is 2.24. The Hall–Kier alpha value is -1.60. The Balaban J connectivity index is 2.21. The smallest absolute Gasteiger partial charge is 0.257 e. The number of halogens is 2. The van der Waals surface area contributed by atoms with Crippen LogP contribution in [-0.2, 0) is 10.0 Å². The fourth-order valence-electron chi connectivity index (χ4n) is 2.81. The molecule has 2 aromatic rings. The van der Waals surface area contributed by atoms with Crippen molar-refractivity contribution in [1.29, 1.82) is 0 Å². The lowest BCUT2D eigenvalue weighted by Crippen LogP contribution is -2.37. The second kappa shape index (κ2) is 9.94. The molecule has 8 heteroatoms. The third-order valence-corrected chi connectivity index (χ3v) is 6.47. The molecular formula is C21H26Cl2N2O3S. The molecule has 0 fully saturated rings. The molecule has 0 aromatic heterocycles. The maximum Gasteiger partial charge on any atom is 0.257 e. The van der Waals surface area contributed by atoms with Crippen LogP contribution in [-0.4, -0.2) is 31.7 Å². The number of hydrogen-bond acceptors (Lipinski definition) is 3. The van der Waals surface area contributed by atoms with Crippen molar-refractivity contribution in [2.45, 2.75) is 32.6 Å². The van der Waals surface area contributed by atoms with E-state index in [1.165, 1.54) is 22.5 Å². The van der Waals surface area contributed by atoms with Gasteiger partial charge in [-0.25, -0.2) is 8.42 Å². The summed E-state index contributed by atoms with van der Waals surface area (Å²) in [6.07, 6.45) is 0. The van der Waals surface area contributed by atoms with Crippen LogP contribution >= 0.6 is 23.2 Å². The molecule has 1 N–H and O–H groups in total. The quantitative estimate of drug-likeness (QED) is 0.565. The third kappa shape index (κ3) is 6.44. The Morgan fingerprint density at radius 1 is 0.966 bits per heavy atom. The van der Waals surface area contributed by atoms with Crippen molar-refractivity contribution < 1.29 is 13.2 Å². The number of anilines is 1. The number of benzene rings is 2. The van der Waals surface area contributed by atoms with Crippen LogP contribution in [0.5, 0.6) is 0 Å². The summed E-state index contributed by atoms with van der Waals surface area (Å²) in [5.41, 5.74) is 0.708. The fraction of sp³-hybridized carbons (Fsp3) is 0.381. The standard InChI is InChI=1S/C21H26Cl2N2O3S/c1-14(2)12-25(13-15(3)4)29(27,28)18-8-6-17(7-9-18)24-21(26)19-11-16(22)5-10-20(19)23/h5-11,14-15H,12-13H2,1-4H3,(H,24,26). The molecule has 5 nitrogen and oxygen atoms in total. The van der Waals surface area contributed by atoms with Crippen LogP contribution in [0.3, 0.4) is 0 Å². The lowest BCUT2D eigenvalue weighted by atomic mass is 10.2. The van der Waals surface area contributed by atoms with Crippen LogP contribution in [0.15, 0.2) is 47.4 Å². The zero-order chi connectivity index (χ0) is 21.8. The van der Waals surface area contributed by atoms with E-state index in [0.717, 1.165) is 0 Å². The molecule has 0 aliphatic carbocycles. The highest BCUT2D eigenvalue weighted by molar-refractivity contribution is 7.89. The molecular weight excluding hydrogens is 431 g/mol. The highest BCUT2D eigenvalue weighted by Gasteiger charge is 2.26. The van der Waals surface area contributed by atoms with E-state index in [1.807, 2.05) is 27.7 Å². The minimum atomic E-state index is -3.62. The van der Waals surface area contributed by atoms with Crippen molar-refractivity contribution in [2.75, 3.05) is 18.4 Å². The van der Waals surface area contributed by atoms with Gasteiger partial charge in [0.15, 0.2) is 0 Å². The lowest BCUT2D eigenvalue weighted by Gasteiger charge is -2.25. The molecule has 0 radical (unpaired) electrons. The predicted molar refractivity (Wildman–Crippen MR) is 119 cm³/mol. The first kappa shape index (κ1) is 23.7. The summed E-state index contributed by atoms with van der Waals surface area (Å²) in [6.45, 7) is 8.86. The Morgan fingerprint density at radius 2 is 1.52 bits per heavy atom. The van der Waals surface area contributed by atoms with Gasteiger partial charge in [0.1, 0.15) is 0 Å². The molecule has 0 aliphatic heterocycles. The van der Waals surface area contributed by atoms with Crippen LogP contribution in [0.2, 0.25) is 10.0 Å². The van der Waals surface area contributed by atoms with Crippen molar-refractivity contribution in [2.24, 2.45) is 11.8 Å². The Kier molecular flexibility index (Phi) is 8.11. The van der Waals surface area contributed by atoms with Crippen LogP contribution in [0.25, 0.3) is 0 Å². The number of nitrogens with one attached hydrogen (secondary N) is 1. The summed E-state index contributed by atoms with van der Waals surface area (Å²) in [7, 11) is -3.62. The Labute approximate surface area is 183 Å². The molecule has 2 aromatic carbocycles. The van der Waals surface area contributed by atoms with Crippen molar-refractivity contribution in [3.05, 3.63) is 58.1 Å². The molecule has 2 rings (SSSR count). The van der Waals surface area contributed by atoms with Gasteiger partial charge < -0.3 is 5.32 Å². The Bertz CT molecular complexity index is 948. The minimum absolute atomic E-state index is 0.192. The largest absolute Gasteiger partial charge is 0.322 e. The number of nitrogens with zero attached hydrogens (tertiary/aromatic N) is 1. The molecule has 0 saturated carbocycles. The summed E-state index contributed by atoms with van der Waals surface area (Å²) < 4.78 is 27.6. The minimum Gasteiger partial charge on any atom is -0.322 e. The summed E-state index contributed by atoms with van der Waals surface area (Å²) in [5.74, 6) is 0.00316. The molecule has 158 valence electrons. The number of hydrogen-bond donors (Lipinski definition) is 1. The zero-order valence-corrected chi connectivity index (χ0v) is 19.3. The lowest BCUT2D eigenvalue weighted by molar-refractivity contribution is 0.102. The molecule has 0 aliphatic rings. The van der Waals surface area contributed by atoms with Gasteiger partial charge in [-0.2, -0.15) is 4.31 Å². The van der Waals surface area contributed by atoms with Crippen LogP contribution in [0.1, 0.15) is 38.1 Å². The van der Waals surface area contributed by atoms with Gasteiger partial charge in [-0.15, -0.1) is 0 Å². The average Bonchev–Trinajstić information content (AvgIpc) is 2.62. The van der Waals surface area contributed by atoms with Gasteiger partial charge in [0.05, 0.1) is 15.5 Å². The van der Waals surface area contributed by atoms with E-state index in [0.29, 0.717) is 23.8 Å². The van der Waals surface area contributed by atoms with Crippen molar-refractivity contribution in [3.63, 3.8) is 0 Å².